The smallest absolute Gasteiger partial charge is 0.0702 e. The quantitative estimate of drug-likeness (QED) is 0.920. The summed E-state index contributed by atoms with van der Waals surface area (Å²) in [6.45, 7) is 2.52. The fraction of sp³-hybridized carbons (Fsp3) is 0.529. The van der Waals surface area contributed by atoms with Gasteiger partial charge in [-0.1, -0.05) is 18.2 Å². The van der Waals surface area contributed by atoms with Gasteiger partial charge in [-0.3, -0.25) is 4.90 Å². The van der Waals surface area contributed by atoms with Crippen LogP contribution in [0.5, 0.6) is 0 Å². The summed E-state index contributed by atoms with van der Waals surface area (Å²) in [6.07, 6.45) is 4.03. The summed E-state index contributed by atoms with van der Waals surface area (Å²) in [4.78, 5) is 2.37. The molecule has 3 rings (SSSR count). The van der Waals surface area contributed by atoms with Gasteiger partial charge in [0.2, 0.25) is 0 Å². The Labute approximate surface area is 130 Å². The van der Waals surface area contributed by atoms with Gasteiger partial charge in [-0.05, 0) is 48.7 Å². The van der Waals surface area contributed by atoms with E-state index in [4.69, 9.17) is 10.5 Å². The van der Waals surface area contributed by atoms with Crippen LogP contribution in [0.3, 0.4) is 0 Å². The molecule has 2 unspecified atom stereocenters. The minimum atomic E-state index is 0.270. The summed E-state index contributed by atoms with van der Waals surface area (Å²) in [5, 5.41) is 3.61. The van der Waals surface area contributed by atoms with E-state index in [0.29, 0.717) is 12.6 Å². The third-order valence-electron chi connectivity index (χ3n) is 4.39. The van der Waals surface area contributed by atoms with E-state index in [1.807, 2.05) is 11.3 Å². The number of likely N-dealkylation sites (N-methyl/N-ethyl adjacent to an activating group) is 1. The van der Waals surface area contributed by atoms with Crippen LogP contribution in [0, 0.1) is 0 Å². The van der Waals surface area contributed by atoms with Crippen molar-refractivity contribution in [3.05, 3.63) is 35.2 Å². The molecule has 2 aromatic rings. The number of nitrogens with two attached hydrogens (primary N) is 1. The molecular weight excluding hydrogens is 280 g/mol. The molecule has 21 heavy (non-hydrogen) atoms. The predicted octanol–water partition coefficient (Wildman–Crippen LogP) is 3.40. The van der Waals surface area contributed by atoms with Gasteiger partial charge in [0.25, 0.3) is 0 Å². The highest BCUT2D eigenvalue weighted by Crippen LogP contribution is 2.32. The first-order valence-corrected chi connectivity index (χ1v) is 8.65. The van der Waals surface area contributed by atoms with Crippen LogP contribution in [0.1, 0.15) is 30.9 Å². The zero-order valence-corrected chi connectivity index (χ0v) is 13.4. The van der Waals surface area contributed by atoms with Gasteiger partial charge in [-0.15, -0.1) is 11.3 Å². The Morgan fingerprint density at radius 2 is 2.24 bits per heavy atom. The second-order valence-electron chi connectivity index (χ2n) is 5.87. The highest BCUT2D eigenvalue weighted by Gasteiger charge is 2.23. The van der Waals surface area contributed by atoms with Crippen LogP contribution in [0.4, 0.5) is 0 Å². The van der Waals surface area contributed by atoms with Gasteiger partial charge >= 0.3 is 0 Å². The molecule has 2 atom stereocenters. The van der Waals surface area contributed by atoms with Gasteiger partial charge < -0.3 is 10.5 Å². The van der Waals surface area contributed by atoms with Crippen LogP contribution in [0.25, 0.3) is 10.1 Å². The second kappa shape index (κ2) is 6.88. The zero-order valence-electron chi connectivity index (χ0n) is 12.6. The molecule has 1 fully saturated rings. The fourth-order valence-electron chi connectivity index (χ4n) is 3.20. The number of ether oxygens (including phenoxy) is 1. The Kier molecular flexibility index (Phi) is 4.91. The molecule has 3 nitrogen and oxygen atoms in total. The van der Waals surface area contributed by atoms with E-state index < -0.39 is 0 Å². The van der Waals surface area contributed by atoms with Crippen molar-refractivity contribution < 1.29 is 4.74 Å². The average Bonchev–Trinajstić information content (AvgIpc) is 2.93. The van der Waals surface area contributed by atoms with E-state index in [0.717, 1.165) is 13.2 Å². The van der Waals surface area contributed by atoms with Crippen LogP contribution in [0.15, 0.2) is 29.6 Å². The van der Waals surface area contributed by atoms with E-state index in [1.54, 1.807) is 0 Å². The topological polar surface area (TPSA) is 38.5 Å². The third kappa shape index (κ3) is 3.29. The maximum atomic E-state index is 6.08. The van der Waals surface area contributed by atoms with Crippen molar-refractivity contribution in [1.29, 1.82) is 0 Å². The van der Waals surface area contributed by atoms with E-state index in [-0.39, 0.29) is 6.04 Å². The fourth-order valence-corrected chi connectivity index (χ4v) is 4.21. The molecule has 1 aromatic heterocycles. The van der Waals surface area contributed by atoms with Crippen molar-refractivity contribution in [2.24, 2.45) is 5.73 Å². The lowest BCUT2D eigenvalue weighted by Gasteiger charge is -2.32. The molecule has 0 aliphatic carbocycles. The number of benzene rings is 1. The lowest BCUT2D eigenvalue weighted by atomic mass is 10.0. The standard InChI is InChI=1S/C17H24N2OS/c1-19(11-13-6-4-5-9-20-13)16(10-18)15-12-21-17-8-3-2-7-14(15)17/h2-3,7-8,12-13,16H,4-6,9-11,18H2,1H3. The molecule has 2 N–H and O–H groups in total. The van der Waals surface area contributed by atoms with Gasteiger partial charge in [0.1, 0.15) is 0 Å². The van der Waals surface area contributed by atoms with E-state index in [2.05, 4.69) is 41.6 Å². The number of fused-ring (bicyclic) bond motifs is 1. The summed E-state index contributed by atoms with van der Waals surface area (Å²) < 4.78 is 7.21. The van der Waals surface area contributed by atoms with E-state index >= 15 is 0 Å². The van der Waals surface area contributed by atoms with E-state index in [9.17, 15) is 0 Å². The number of thiophene rings is 1. The van der Waals surface area contributed by atoms with Crippen molar-refractivity contribution in [1.82, 2.24) is 4.90 Å². The predicted molar refractivity (Wildman–Crippen MR) is 89.8 cm³/mol. The lowest BCUT2D eigenvalue weighted by Crippen LogP contribution is -2.38. The zero-order chi connectivity index (χ0) is 14.7. The molecule has 0 spiro atoms. The lowest BCUT2D eigenvalue weighted by molar-refractivity contribution is -0.00766. The van der Waals surface area contributed by atoms with Crippen molar-refractivity contribution in [2.75, 3.05) is 26.7 Å². The minimum absolute atomic E-state index is 0.270. The van der Waals surface area contributed by atoms with E-state index in [1.165, 1.54) is 34.9 Å². The number of hydrogen-bond acceptors (Lipinski definition) is 4. The number of nitrogens with zero attached hydrogens (tertiary/aromatic N) is 1. The maximum Gasteiger partial charge on any atom is 0.0702 e. The number of hydrogen-bond donors (Lipinski definition) is 1. The summed E-state index contributed by atoms with van der Waals surface area (Å²) in [6, 6.07) is 8.86. The summed E-state index contributed by atoms with van der Waals surface area (Å²) in [7, 11) is 2.17. The van der Waals surface area contributed by atoms with Gasteiger partial charge in [0.05, 0.1) is 6.10 Å². The molecule has 1 aromatic carbocycles. The van der Waals surface area contributed by atoms with Crippen LogP contribution < -0.4 is 5.73 Å². The molecule has 4 heteroatoms. The van der Waals surface area contributed by atoms with Crippen molar-refractivity contribution in [3.8, 4) is 0 Å². The Morgan fingerprint density at radius 3 is 3.00 bits per heavy atom. The molecule has 0 amide bonds. The SMILES string of the molecule is CN(CC1CCCCO1)C(CN)c1csc2ccccc12. The normalized spacial score (nSPS) is 21.0. The van der Waals surface area contributed by atoms with Crippen molar-refractivity contribution in [3.63, 3.8) is 0 Å². The average molecular weight is 304 g/mol. The molecule has 0 saturated carbocycles. The van der Waals surface area contributed by atoms with Gasteiger partial charge in [-0.25, -0.2) is 0 Å². The number of rotatable bonds is 5. The van der Waals surface area contributed by atoms with Gasteiger partial charge in [-0.2, -0.15) is 0 Å². The monoisotopic (exact) mass is 304 g/mol. The van der Waals surface area contributed by atoms with Crippen LogP contribution in [0.2, 0.25) is 0 Å². The minimum Gasteiger partial charge on any atom is -0.377 e. The molecule has 1 aliphatic heterocycles. The molecule has 0 bridgehead atoms. The Bertz CT molecular complexity index is 577. The first kappa shape index (κ1) is 15.0. The van der Waals surface area contributed by atoms with Crippen LogP contribution >= 0.6 is 11.3 Å². The summed E-state index contributed by atoms with van der Waals surface area (Å²) in [5.74, 6) is 0. The van der Waals surface area contributed by atoms with Crippen LogP contribution in [-0.2, 0) is 4.74 Å². The first-order chi connectivity index (χ1) is 10.3. The second-order valence-corrected chi connectivity index (χ2v) is 6.78. The van der Waals surface area contributed by atoms with Crippen molar-refractivity contribution in [2.45, 2.75) is 31.4 Å². The van der Waals surface area contributed by atoms with Crippen LogP contribution in [-0.4, -0.2) is 37.7 Å². The largest absolute Gasteiger partial charge is 0.377 e. The Balaban J connectivity index is 1.77. The maximum absolute atomic E-state index is 6.08. The van der Waals surface area contributed by atoms with Gasteiger partial charge in [0.15, 0.2) is 0 Å². The molecule has 1 aliphatic rings. The highest BCUT2D eigenvalue weighted by molar-refractivity contribution is 7.17. The third-order valence-corrected chi connectivity index (χ3v) is 5.37. The van der Waals surface area contributed by atoms with Gasteiger partial charge in [0, 0.05) is 30.4 Å². The Morgan fingerprint density at radius 1 is 1.38 bits per heavy atom. The van der Waals surface area contributed by atoms with Crippen molar-refractivity contribution >= 4 is 21.4 Å². The molecular formula is C17H24N2OS. The molecule has 1 saturated heterocycles. The Hall–Kier alpha value is -0.940. The highest BCUT2D eigenvalue weighted by atomic mass is 32.1. The molecule has 114 valence electrons. The summed E-state index contributed by atoms with van der Waals surface area (Å²) >= 11 is 1.81. The molecule has 2 heterocycles. The summed E-state index contributed by atoms with van der Waals surface area (Å²) in [5.41, 5.74) is 7.44. The first-order valence-electron chi connectivity index (χ1n) is 7.77. The molecule has 0 radical (unpaired) electrons.